The topological polar surface area (TPSA) is 85.6 Å². The lowest BCUT2D eigenvalue weighted by Gasteiger charge is -2.29. The number of rotatable bonds is 3. The molecule has 0 fully saturated rings. The number of hydrogen-bond donors (Lipinski definition) is 0. The molecule has 20 heavy (non-hydrogen) atoms. The van der Waals surface area contributed by atoms with E-state index < -0.39 is 16.6 Å². The van der Waals surface area contributed by atoms with Gasteiger partial charge in [-0.1, -0.05) is 0 Å². The van der Waals surface area contributed by atoms with E-state index in [9.17, 15) is 14.9 Å². The molecule has 1 rings (SSSR count). The fourth-order valence-corrected chi connectivity index (χ4v) is 1.51. The van der Waals surface area contributed by atoms with Gasteiger partial charge in [-0.3, -0.25) is 15.0 Å². The van der Waals surface area contributed by atoms with E-state index in [1.54, 1.807) is 20.8 Å². The van der Waals surface area contributed by atoms with Gasteiger partial charge in [0.15, 0.2) is 0 Å². The molecule has 110 valence electrons. The van der Waals surface area contributed by atoms with Crippen LogP contribution in [0.2, 0.25) is 0 Å². The number of aromatic nitrogens is 1. The summed E-state index contributed by atoms with van der Waals surface area (Å²) in [6.45, 7) is 8.94. The summed E-state index contributed by atoms with van der Waals surface area (Å²) >= 11 is 0. The molecule has 1 heterocycles. The number of ether oxygens (including phenoxy) is 1. The number of pyridine rings is 1. The van der Waals surface area contributed by atoms with Crippen LogP contribution in [0.1, 0.15) is 34.6 Å². The maximum atomic E-state index is 12.1. The van der Waals surface area contributed by atoms with Gasteiger partial charge in [-0.25, -0.2) is 9.78 Å². The van der Waals surface area contributed by atoms with Gasteiger partial charge < -0.3 is 4.74 Å². The molecule has 1 aromatic heterocycles. The number of anilines is 1. The minimum Gasteiger partial charge on any atom is -0.443 e. The van der Waals surface area contributed by atoms with Crippen LogP contribution in [0.15, 0.2) is 18.3 Å². The number of carbonyl (C=O) groups excluding carboxylic acids is 1. The molecule has 0 aliphatic rings. The highest BCUT2D eigenvalue weighted by Gasteiger charge is 2.26. The largest absolute Gasteiger partial charge is 0.443 e. The van der Waals surface area contributed by atoms with E-state index in [1.807, 2.05) is 13.8 Å². The second kappa shape index (κ2) is 5.85. The second-order valence-electron chi connectivity index (χ2n) is 5.58. The van der Waals surface area contributed by atoms with E-state index in [-0.39, 0.29) is 11.7 Å². The summed E-state index contributed by atoms with van der Waals surface area (Å²) in [6.07, 6.45) is 0.587. The van der Waals surface area contributed by atoms with Crippen LogP contribution >= 0.6 is 0 Å². The van der Waals surface area contributed by atoms with Crippen molar-refractivity contribution < 1.29 is 14.5 Å². The average molecular weight is 281 g/mol. The highest BCUT2D eigenvalue weighted by molar-refractivity contribution is 5.87. The maximum absolute atomic E-state index is 12.1. The van der Waals surface area contributed by atoms with E-state index in [2.05, 4.69) is 4.98 Å². The van der Waals surface area contributed by atoms with Crippen LogP contribution < -0.4 is 4.90 Å². The molecule has 0 aliphatic heterocycles. The minimum atomic E-state index is -0.620. The number of nitro groups is 1. The van der Waals surface area contributed by atoms with Crippen LogP contribution in [0.5, 0.6) is 0 Å². The summed E-state index contributed by atoms with van der Waals surface area (Å²) in [5, 5.41) is 10.6. The summed E-state index contributed by atoms with van der Waals surface area (Å²) in [4.78, 5) is 27.5. The van der Waals surface area contributed by atoms with Crippen molar-refractivity contribution in [3.63, 3.8) is 0 Å². The number of nitrogens with zero attached hydrogens (tertiary/aromatic N) is 3. The third-order valence-corrected chi connectivity index (χ3v) is 2.30. The first-order valence-electron chi connectivity index (χ1n) is 6.24. The van der Waals surface area contributed by atoms with Gasteiger partial charge >= 0.3 is 6.09 Å². The van der Waals surface area contributed by atoms with Gasteiger partial charge in [-0.2, -0.15) is 0 Å². The van der Waals surface area contributed by atoms with Gasteiger partial charge in [-0.05, 0) is 40.7 Å². The normalized spacial score (nSPS) is 11.3. The Morgan fingerprint density at radius 1 is 1.40 bits per heavy atom. The van der Waals surface area contributed by atoms with Crippen molar-refractivity contribution in [3.8, 4) is 0 Å². The van der Waals surface area contributed by atoms with Gasteiger partial charge in [0.25, 0.3) is 5.69 Å². The Bertz CT molecular complexity index is 491. The van der Waals surface area contributed by atoms with Crippen molar-refractivity contribution in [1.29, 1.82) is 0 Å². The second-order valence-corrected chi connectivity index (χ2v) is 5.58. The fourth-order valence-electron chi connectivity index (χ4n) is 1.51. The van der Waals surface area contributed by atoms with Crippen LogP contribution in [0.4, 0.5) is 16.3 Å². The molecule has 0 N–H and O–H groups in total. The number of carbonyl (C=O) groups is 1. The maximum Gasteiger partial charge on any atom is 0.416 e. The SMILES string of the molecule is CC(C)N(C(=O)OC(C)(C)C)c1ccc([N+](=O)[O-])cn1. The molecule has 0 saturated carbocycles. The van der Waals surface area contributed by atoms with Crippen LogP contribution in [-0.2, 0) is 4.74 Å². The lowest BCUT2D eigenvalue weighted by molar-refractivity contribution is -0.385. The smallest absolute Gasteiger partial charge is 0.416 e. The standard InChI is InChI=1S/C13H19N3O4/c1-9(2)15(12(17)20-13(3,4)5)11-7-6-10(8-14-11)16(18)19/h6-9H,1-5H3. The van der Waals surface area contributed by atoms with Crippen molar-refractivity contribution in [2.45, 2.75) is 46.3 Å². The molecule has 0 aliphatic carbocycles. The van der Waals surface area contributed by atoms with Crippen LogP contribution in [-0.4, -0.2) is 27.6 Å². The van der Waals surface area contributed by atoms with E-state index in [0.29, 0.717) is 5.82 Å². The molecular formula is C13H19N3O4. The molecule has 7 heteroatoms. The first kappa shape index (κ1) is 15.9. The van der Waals surface area contributed by atoms with Crippen molar-refractivity contribution in [2.75, 3.05) is 4.90 Å². The summed E-state index contributed by atoms with van der Waals surface area (Å²) in [5.74, 6) is 0.319. The zero-order valence-electron chi connectivity index (χ0n) is 12.3. The van der Waals surface area contributed by atoms with E-state index in [4.69, 9.17) is 4.74 Å². The molecule has 0 unspecified atom stereocenters. The quantitative estimate of drug-likeness (QED) is 0.627. The highest BCUT2D eigenvalue weighted by Crippen LogP contribution is 2.20. The molecule has 0 radical (unpaired) electrons. The van der Waals surface area contributed by atoms with Crippen LogP contribution in [0, 0.1) is 10.1 Å². The van der Waals surface area contributed by atoms with E-state index in [0.717, 1.165) is 6.20 Å². The number of hydrogen-bond acceptors (Lipinski definition) is 5. The zero-order valence-corrected chi connectivity index (χ0v) is 12.3. The summed E-state index contributed by atoms with van der Waals surface area (Å²) in [5.41, 5.74) is -0.744. The molecular weight excluding hydrogens is 262 g/mol. The van der Waals surface area contributed by atoms with Gasteiger partial charge in [0.1, 0.15) is 17.6 Å². The third kappa shape index (κ3) is 4.18. The van der Waals surface area contributed by atoms with Gasteiger partial charge in [-0.15, -0.1) is 0 Å². The Morgan fingerprint density at radius 2 is 2.00 bits per heavy atom. The van der Waals surface area contributed by atoms with Crippen LogP contribution in [0.25, 0.3) is 0 Å². The molecule has 0 saturated heterocycles. The lowest BCUT2D eigenvalue weighted by Crippen LogP contribution is -2.41. The Hall–Kier alpha value is -2.18. The Balaban J connectivity index is 3.02. The zero-order chi connectivity index (χ0) is 15.5. The first-order valence-corrected chi connectivity index (χ1v) is 6.24. The Morgan fingerprint density at radius 3 is 2.35 bits per heavy atom. The van der Waals surface area contributed by atoms with Crippen molar-refractivity contribution in [3.05, 3.63) is 28.4 Å². The van der Waals surface area contributed by atoms with Gasteiger partial charge in [0.05, 0.1) is 4.92 Å². The monoisotopic (exact) mass is 281 g/mol. The molecule has 0 atom stereocenters. The summed E-state index contributed by atoms with van der Waals surface area (Å²) in [7, 11) is 0. The van der Waals surface area contributed by atoms with E-state index in [1.165, 1.54) is 17.0 Å². The van der Waals surface area contributed by atoms with Crippen molar-refractivity contribution in [1.82, 2.24) is 4.98 Å². The lowest BCUT2D eigenvalue weighted by atomic mass is 10.2. The molecule has 1 amide bonds. The predicted molar refractivity (Wildman–Crippen MR) is 74.7 cm³/mol. The van der Waals surface area contributed by atoms with Gasteiger partial charge in [0, 0.05) is 12.1 Å². The predicted octanol–water partition coefficient (Wildman–Crippen LogP) is 3.14. The summed E-state index contributed by atoms with van der Waals surface area (Å²) in [6, 6.07) is 2.56. The molecule has 1 aromatic rings. The van der Waals surface area contributed by atoms with Gasteiger partial charge in [0.2, 0.25) is 0 Å². The Kier molecular flexibility index (Phi) is 4.65. The Labute approximate surface area is 117 Å². The molecule has 0 bridgehead atoms. The first-order chi connectivity index (χ1) is 9.11. The molecule has 0 aromatic carbocycles. The third-order valence-electron chi connectivity index (χ3n) is 2.30. The van der Waals surface area contributed by atoms with Crippen molar-refractivity contribution in [2.24, 2.45) is 0 Å². The summed E-state index contributed by atoms with van der Waals surface area (Å²) < 4.78 is 5.31. The van der Waals surface area contributed by atoms with Crippen molar-refractivity contribution >= 4 is 17.6 Å². The fraction of sp³-hybridized carbons (Fsp3) is 0.538. The average Bonchev–Trinajstić information content (AvgIpc) is 2.26. The van der Waals surface area contributed by atoms with E-state index >= 15 is 0 Å². The molecule has 7 nitrogen and oxygen atoms in total. The minimum absolute atomic E-state index is 0.123. The number of amides is 1. The highest BCUT2D eigenvalue weighted by atomic mass is 16.6. The molecule has 0 spiro atoms. The van der Waals surface area contributed by atoms with Crippen LogP contribution in [0.3, 0.4) is 0 Å².